The van der Waals surface area contributed by atoms with E-state index in [1.807, 2.05) is 13.8 Å². The van der Waals surface area contributed by atoms with E-state index in [-0.39, 0.29) is 64.3 Å². The number of aromatic nitrogens is 2. The molecule has 224 valence electrons. The molecule has 3 aromatic rings. The Hall–Kier alpha value is -3.19. The maximum atomic E-state index is 15.2. The van der Waals surface area contributed by atoms with Crippen molar-refractivity contribution in [2.45, 2.75) is 62.9 Å². The van der Waals surface area contributed by atoms with Crippen molar-refractivity contribution in [1.82, 2.24) is 19.4 Å². The average Bonchev–Trinajstić information content (AvgIpc) is 3.07. The van der Waals surface area contributed by atoms with Crippen LogP contribution in [0.2, 0.25) is 0 Å². The first kappa shape index (κ1) is 28.9. The van der Waals surface area contributed by atoms with Crippen molar-refractivity contribution in [2.75, 3.05) is 36.8 Å². The number of benzene rings is 2. The molecular formula is C29H30F5N5O2S. The van der Waals surface area contributed by atoms with E-state index in [1.165, 1.54) is 11.5 Å². The fraction of sp³-hybridized carbons (Fsp3) is 0.483. The van der Waals surface area contributed by atoms with Crippen LogP contribution in [0.1, 0.15) is 32.8 Å². The molecule has 7 nitrogen and oxygen atoms in total. The molecule has 0 N–H and O–H groups in total. The Balaban J connectivity index is 1.66. The van der Waals surface area contributed by atoms with Gasteiger partial charge in [0.1, 0.15) is 17.5 Å². The molecule has 2 saturated heterocycles. The molecule has 0 saturated carbocycles. The van der Waals surface area contributed by atoms with Crippen LogP contribution >= 0.6 is 11.8 Å². The number of halogens is 5. The van der Waals surface area contributed by atoms with Crippen molar-refractivity contribution in [1.29, 1.82) is 0 Å². The van der Waals surface area contributed by atoms with E-state index in [4.69, 9.17) is 0 Å². The number of likely N-dealkylation sites (tertiary alicyclic amines) is 1. The zero-order valence-electron chi connectivity index (χ0n) is 23.3. The zero-order valence-corrected chi connectivity index (χ0v) is 24.2. The van der Waals surface area contributed by atoms with E-state index in [0.717, 1.165) is 49.5 Å². The summed E-state index contributed by atoms with van der Waals surface area (Å²) in [5.41, 5.74) is -2.22. The highest BCUT2D eigenvalue weighted by molar-refractivity contribution is 7.99. The third kappa shape index (κ3) is 4.83. The minimum atomic E-state index is -4.89. The lowest BCUT2D eigenvalue weighted by atomic mass is 9.95. The largest absolute Gasteiger partial charge is 0.417 e. The minimum absolute atomic E-state index is 0.106. The van der Waals surface area contributed by atoms with Crippen LogP contribution in [0.25, 0.3) is 22.0 Å². The van der Waals surface area contributed by atoms with Crippen LogP contribution in [-0.4, -0.2) is 75.3 Å². The monoisotopic (exact) mass is 607 g/mol. The van der Waals surface area contributed by atoms with Crippen molar-refractivity contribution in [2.24, 2.45) is 0 Å². The summed E-state index contributed by atoms with van der Waals surface area (Å²) in [6, 6.07) is 2.73. The van der Waals surface area contributed by atoms with Crippen molar-refractivity contribution in [3.8, 4) is 11.1 Å². The van der Waals surface area contributed by atoms with Gasteiger partial charge in [-0.05, 0) is 51.6 Å². The van der Waals surface area contributed by atoms with Gasteiger partial charge in [-0.2, -0.15) is 18.2 Å². The molecule has 2 fully saturated rings. The first-order chi connectivity index (χ1) is 19.8. The lowest BCUT2D eigenvalue weighted by Gasteiger charge is -2.44. The third-order valence-corrected chi connectivity index (χ3v) is 9.82. The minimum Gasteiger partial charge on any atom is -0.349 e. The summed E-state index contributed by atoms with van der Waals surface area (Å²) >= 11 is 1.16. The van der Waals surface area contributed by atoms with Crippen LogP contribution in [0.15, 0.2) is 34.0 Å². The summed E-state index contributed by atoms with van der Waals surface area (Å²) in [6.45, 7) is 7.57. The highest BCUT2D eigenvalue weighted by atomic mass is 32.2. The van der Waals surface area contributed by atoms with E-state index in [1.54, 1.807) is 9.80 Å². The summed E-state index contributed by atoms with van der Waals surface area (Å²) in [6.07, 6.45) is -3.91. The van der Waals surface area contributed by atoms with Gasteiger partial charge >= 0.3 is 11.9 Å². The average molecular weight is 608 g/mol. The summed E-state index contributed by atoms with van der Waals surface area (Å²) in [5.74, 6) is -1.65. The first-order valence-electron chi connectivity index (χ1n) is 13.9. The van der Waals surface area contributed by atoms with E-state index < -0.39 is 34.6 Å². The topological polar surface area (TPSA) is 61.7 Å². The molecule has 1 unspecified atom stereocenters. The molecule has 3 atom stereocenters. The van der Waals surface area contributed by atoms with Gasteiger partial charge in [-0.3, -0.25) is 14.3 Å². The Morgan fingerprint density at radius 3 is 2.40 bits per heavy atom. The van der Waals surface area contributed by atoms with Gasteiger partial charge in [-0.1, -0.05) is 0 Å². The summed E-state index contributed by atoms with van der Waals surface area (Å²) in [5, 5.41) is 0.135. The van der Waals surface area contributed by atoms with Gasteiger partial charge < -0.3 is 9.80 Å². The number of alkyl halides is 3. The van der Waals surface area contributed by atoms with Gasteiger partial charge in [0.15, 0.2) is 0 Å². The van der Waals surface area contributed by atoms with Crippen molar-refractivity contribution < 1.29 is 26.7 Å². The molecule has 13 heteroatoms. The molecule has 3 aliphatic heterocycles. The Kier molecular flexibility index (Phi) is 7.24. The highest BCUT2D eigenvalue weighted by Crippen LogP contribution is 2.49. The third-order valence-electron chi connectivity index (χ3n) is 8.59. The maximum Gasteiger partial charge on any atom is 0.417 e. The predicted molar refractivity (Wildman–Crippen MR) is 151 cm³/mol. The molecule has 0 spiro atoms. The second-order valence-electron chi connectivity index (χ2n) is 11.4. The van der Waals surface area contributed by atoms with E-state index in [0.29, 0.717) is 18.4 Å². The van der Waals surface area contributed by atoms with Gasteiger partial charge in [0.2, 0.25) is 5.91 Å². The predicted octanol–water partition coefficient (Wildman–Crippen LogP) is 4.99. The maximum absolute atomic E-state index is 15.2. The number of piperazine rings is 1. The molecule has 6 rings (SSSR count). The van der Waals surface area contributed by atoms with E-state index in [2.05, 4.69) is 9.88 Å². The number of anilines is 1. The van der Waals surface area contributed by atoms with Crippen LogP contribution in [0.4, 0.5) is 27.8 Å². The molecular weight excluding hydrogens is 577 g/mol. The fourth-order valence-electron chi connectivity index (χ4n) is 6.34. The van der Waals surface area contributed by atoms with E-state index in [9.17, 15) is 27.2 Å². The number of rotatable bonds is 3. The van der Waals surface area contributed by atoms with Gasteiger partial charge in [-0.25, -0.2) is 13.6 Å². The number of amides is 1. The number of nitrogens with zero attached hydrogens (tertiary/aromatic N) is 5. The Labute approximate surface area is 243 Å². The standard InChI is InChI=1S/C29H30F5N5O2S/c1-15-12-38(16(2)11-37(15)17(3)40)27-21-10-22(29(32,33)34)24(20-6-5-18(30)9-23(20)31)26-25(21)39(28(41)35-27)13-19(14-42-26)36-7-4-8-36/h5-6,9-10,15-16,19H,4,7-8,11-14H2,1-3H3/t15-,16+,19?/m1/s1. The number of thioether (sulfide) groups is 1. The molecule has 42 heavy (non-hydrogen) atoms. The van der Waals surface area contributed by atoms with E-state index >= 15 is 4.39 Å². The van der Waals surface area contributed by atoms with Crippen LogP contribution < -0.4 is 10.6 Å². The van der Waals surface area contributed by atoms with Crippen molar-refractivity contribution in [3.05, 3.63) is 51.9 Å². The van der Waals surface area contributed by atoms with Crippen molar-refractivity contribution in [3.63, 3.8) is 0 Å². The Morgan fingerprint density at radius 2 is 1.79 bits per heavy atom. The van der Waals surface area contributed by atoms with Gasteiger partial charge in [0.05, 0.1) is 11.1 Å². The second-order valence-corrected chi connectivity index (χ2v) is 12.4. The van der Waals surface area contributed by atoms with Crippen LogP contribution in [0, 0.1) is 11.6 Å². The Morgan fingerprint density at radius 1 is 1.05 bits per heavy atom. The summed E-state index contributed by atoms with van der Waals surface area (Å²) in [4.78, 5) is 36.1. The smallest absolute Gasteiger partial charge is 0.349 e. The van der Waals surface area contributed by atoms with Crippen LogP contribution in [0.5, 0.6) is 0 Å². The molecule has 0 bridgehead atoms. The first-order valence-corrected chi connectivity index (χ1v) is 14.9. The molecule has 1 amide bonds. The van der Waals surface area contributed by atoms with Crippen molar-refractivity contribution >= 4 is 34.4 Å². The summed E-state index contributed by atoms with van der Waals surface area (Å²) < 4.78 is 75.0. The van der Waals surface area contributed by atoms with Gasteiger partial charge in [0, 0.05) is 77.9 Å². The molecule has 4 heterocycles. The molecule has 1 aromatic heterocycles. The normalized spacial score (nSPS) is 23.2. The van der Waals surface area contributed by atoms with Gasteiger partial charge in [0.25, 0.3) is 0 Å². The van der Waals surface area contributed by atoms with Crippen LogP contribution in [0.3, 0.4) is 0 Å². The molecule has 0 aliphatic carbocycles. The Bertz CT molecular complexity index is 1640. The number of hydrogen-bond acceptors (Lipinski definition) is 6. The molecule has 0 radical (unpaired) electrons. The lowest BCUT2D eigenvalue weighted by molar-refractivity contribution is -0.137. The second kappa shape index (κ2) is 10.5. The quantitative estimate of drug-likeness (QED) is 0.392. The SMILES string of the molecule is CC(=O)N1C[C@H](C)N(c2nc(=O)n3c4c(c(-c5ccc(F)cc5F)c(C(F)(F)F)cc24)SCC(N2CCC2)C3)C[C@H]1C. The molecule has 3 aliphatic rings. The number of carbonyl (C=O) groups excluding carboxylic acids is 1. The van der Waals surface area contributed by atoms with Gasteiger partial charge in [-0.15, -0.1) is 11.8 Å². The number of carbonyl (C=O) groups is 1. The summed E-state index contributed by atoms with van der Waals surface area (Å²) in [7, 11) is 0. The number of hydrogen-bond donors (Lipinski definition) is 0. The lowest BCUT2D eigenvalue weighted by Crippen LogP contribution is -2.58. The van der Waals surface area contributed by atoms with Crippen LogP contribution in [-0.2, 0) is 17.5 Å². The highest BCUT2D eigenvalue weighted by Gasteiger charge is 2.41. The molecule has 2 aromatic carbocycles. The fourth-order valence-corrected chi connectivity index (χ4v) is 7.73. The zero-order chi connectivity index (χ0) is 30.1.